The summed E-state index contributed by atoms with van der Waals surface area (Å²) >= 11 is 6.19. The van der Waals surface area contributed by atoms with Crippen molar-refractivity contribution in [3.63, 3.8) is 0 Å². The molecule has 0 aliphatic carbocycles. The molecule has 3 aromatic carbocycles. The van der Waals surface area contributed by atoms with Crippen LogP contribution in [-0.2, 0) is 26.2 Å². The summed E-state index contributed by atoms with van der Waals surface area (Å²) < 4.78 is 33.8. The summed E-state index contributed by atoms with van der Waals surface area (Å²) in [5.41, 5.74) is 1.03. The van der Waals surface area contributed by atoms with Crippen LogP contribution in [0, 0.1) is 0 Å². The van der Waals surface area contributed by atoms with Crippen molar-refractivity contribution >= 4 is 39.1 Å². The number of amides is 2. The van der Waals surface area contributed by atoms with E-state index in [2.05, 4.69) is 5.32 Å². The van der Waals surface area contributed by atoms with Gasteiger partial charge in [0.2, 0.25) is 11.8 Å². The van der Waals surface area contributed by atoms with Crippen LogP contribution in [0.5, 0.6) is 5.75 Å². The van der Waals surface area contributed by atoms with Crippen LogP contribution in [0.3, 0.4) is 0 Å². The van der Waals surface area contributed by atoms with Crippen LogP contribution in [-0.4, -0.2) is 51.4 Å². The number of carbonyl (C=O) groups is 2. The molecule has 0 bridgehead atoms. The van der Waals surface area contributed by atoms with Crippen molar-refractivity contribution in [1.82, 2.24) is 10.2 Å². The van der Waals surface area contributed by atoms with Gasteiger partial charge in [0, 0.05) is 18.1 Å². The third-order valence-corrected chi connectivity index (χ3v) is 7.96. The first-order valence-corrected chi connectivity index (χ1v) is 14.0. The Hall–Kier alpha value is -3.56. The molecule has 202 valence electrons. The minimum absolute atomic E-state index is 0.0191. The standard InChI is InChI=1S/C28H32ClN3O5S/c1-4-17-30-28(34)21(2)31(19-22-9-6-5-7-10-22)27(33)20-32(24-12-8-11-23(29)18-24)38(35,36)26-15-13-25(37-3)14-16-26/h5-16,18,21H,4,17,19-20H2,1-3H3,(H,30,34)/t21-/m0/s1. The number of nitrogens with zero attached hydrogens (tertiary/aromatic N) is 2. The van der Waals surface area contributed by atoms with Crippen molar-refractivity contribution in [1.29, 1.82) is 0 Å². The molecule has 8 nitrogen and oxygen atoms in total. The van der Waals surface area contributed by atoms with Gasteiger partial charge in [0.25, 0.3) is 10.0 Å². The largest absolute Gasteiger partial charge is 0.497 e. The minimum Gasteiger partial charge on any atom is -0.497 e. The summed E-state index contributed by atoms with van der Waals surface area (Å²) in [6.45, 7) is 3.63. The van der Waals surface area contributed by atoms with Gasteiger partial charge < -0.3 is 15.0 Å². The number of carbonyl (C=O) groups excluding carboxylic acids is 2. The highest BCUT2D eigenvalue weighted by Crippen LogP contribution is 2.27. The van der Waals surface area contributed by atoms with Gasteiger partial charge in [0.05, 0.1) is 17.7 Å². The number of anilines is 1. The summed E-state index contributed by atoms with van der Waals surface area (Å²) in [7, 11) is -2.70. The molecule has 3 aromatic rings. The molecule has 38 heavy (non-hydrogen) atoms. The molecule has 2 amide bonds. The zero-order valence-corrected chi connectivity index (χ0v) is 23.2. The highest BCUT2D eigenvalue weighted by atomic mass is 35.5. The Balaban J connectivity index is 2.01. The van der Waals surface area contributed by atoms with E-state index in [4.69, 9.17) is 16.3 Å². The molecular weight excluding hydrogens is 526 g/mol. The summed E-state index contributed by atoms with van der Waals surface area (Å²) in [5.74, 6) is -0.358. The molecule has 0 aromatic heterocycles. The second kappa shape index (κ2) is 13.3. The maximum atomic E-state index is 13.8. The SMILES string of the molecule is CCCNC(=O)[C@H](C)N(Cc1ccccc1)C(=O)CN(c1cccc(Cl)c1)S(=O)(=O)c1ccc(OC)cc1. The fraction of sp³-hybridized carbons (Fsp3) is 0.286. The topological polar surface area (TPSA) is 96.0 Å². The lowest BCUT2D eigenvalue weighted by atomic mass is 10.1. The smallest absolute Gasteiger partial charge is 0.264 e. The zero-order chi connectivity index (χ0) is 27.7. The summed E-state index contributed by atoms with van der Waals surface area (Å²) in [6, 6.07) is 20.6. The average molecular weight is 558 g/mol. The van der Waals surface area contributed by atoms with Crippen molar-refractivity contribution in [2.24, 2.45) is 0 Å². The number of sulfonamides is 1. The number of halogens is 1. The van der Waals surface area contributed by atoms with E-state index >= 15 is 0 Å². The monoisotopic (exact) mass is 557 g/mol. The van der Waals surface area contributed by atoms with Crippen molar-refractivity contribution in [2.45, 2.75) is 37.8 Å². The van der Waals surface area contributed by atoms with Gasteiger partial charge in [0.15, 0.2) is 0 Å². The molecule has 1 atom stereocenters. The molecule has 0 aliphatic heterocycles. The van der Waals surface area contributed by atoms with Crippen molar-refractivity contribution < 1.29 is 22.7 Å². The van der Waals surface area contributed by atoms with Crippen LogP contribution in [0.1, 0.15) is 25.8 Å². The second-order valence-electron chi connectivity index (χ2n) is 8.64. The Morgan fingerprint density at radius 1 is 1.00 bits per heavy atom. The van der Waals surface area contributed by atoms with Gasteiger partial charge in [-0.3, -0.25) is 13.9 Å². The van der Waals surface area contributed by atoms with E-state index in [0.717, 1.165) is 16.3 Å². The van der Waals surface area contributed by atoms with Gasteiger partial charge in [-0.05, 0) is 61.4 Å². The third-order valence-electron chi connectivity index (χ3n) is 5.93. The fourth-order valence-corrected chi connectivity index (χ4v) is 5.38. The maximum Gasteiger partial charge on any atom is 0.264 e. The Kier molecular flexibility index (Phi) is 10.2. The van der Waals surface area contributed by atoms with Gasteiger partial charge in [-0.2, -0.15) is 0 Å². The molecule has 0 radical (unpaired) electrons. The highest BCUT2D eigenvalue weighted by molar-refractivity contribution is 7.92. The van der Waals surface area contributed by atoms with E-state index in [0.29, 0.717) is 17.3 Å². The molecule has 0 aliphatic rings. The second-order valence-corrected chi connectivity index (χ2v) is 10.9. The Labute approximate surface area is 229 Å². The van der Waals surface area contributed by atoms with Crippen LogP contribution in [0.15, 0.2) is 83.8 Å². The average Bonchev–Trinajstić information content (AvgIpc) is 2.93. The van der Waals surface area contributed by atoms with Crippen LogP contribution in [0.4, 0.5) is 5.69 Å². The Bertz CT molecular complexity index is 1330. The van der Waals surface area contributed by atoms with Gasteiger partial charge in [-0.15, -0.1) is 0 Å². The number of benzene rings is 3. The van der Waals surface area contributed by atoms with Gasteiger partial charge in [-0.25, -0.2) is 8.42 Å². The number of methoxy groups -OCH3 is 1. The third kappa shape index (κ3) is 7.26. The highest BCUT2D eigenvalue weighted by Gasteiger charge is 2.32. The lowest BCUT2D eigenvalue weighted by Gasteiger charge is -2.32. The molecule has 1 N–H and O–H groups in total. The summed E-state index contributed by atoms with van der Waals surface area (Å²) in [5, 5.41) is 3.14. The molecule has 0 saturated carbocycles. The number of ether oxygens (including phenoxy) is 1. The molecular formula is C28H32ClN3O5S. The van der Waals surface area contributed by atoms with E-state index in [9.17, 15) is 18.0 Å². The maximum absolute atomic E-state index is 13.8. The number of rotatable bonds is 12. The first-order valence-electron chi connectivity index (χ1n) is 12.2. The Morgan fingerprint density at radius 3 is 2.29 bits per heavy atom. The first-order chi connectivity index (χ1) is 18.2. The summed E-state index contributed by atoms with van der Waals surface area (Å²) in [6.07, 6.45) is 0.744. The predicted molar refractivity (Wildman–Crippen MR) is 149 cm³/mol. The molecule has 0 spiro atoms. The van der Waals surface area contributed by atoms with E-state index in [1.807, 2.05) is 37.3 Å². The van der Waals surface area contributed by atoms with Crippen LogP contribution in [0.2, 0.25) is 5.02 Å². The minimum atomic E-state index is -4.19. The van der Waals surface area contributed by atoms with E-state index in [1.165, 1.54) is 42.3 Å². The molecule has 0 fully saturated rings. The number of nitrogens with one attached hydrogen (secondary N) is 1. The predicted octanol–water partition coefficient (Wildman–Crippen LogP) is 4.49. The lowest BCUT2D eigenvalue weighted by molar-refractivity contribution is -0.139. The van der Waals surface area contributed by atoms with Crippen LogP contribution >= 0.6 is 11.6 Å². The number of hydrogen-bond donors (Lipinski definition) is 1. The molecule has 3 rings (SSSR count). The van der Waals surface area contributed by atoms with E-state index in [-0.39, 0.29) is 23.0 Å². The zero-order valence-electron chi connectivity index (χ0n) is 21.6. The molecule has 0 saturated heterocycles. The normalized spacial score (nSPS) is 11.9. The van der Waals surface area contributed by atoms with E-state index < -0.39 is 28.5 Å². The van der Waals surface area contributed by atoms with Crippen molar-refractivity contribution in [3.8, 4) is 5.75 Å². The molecule has 10 heteroatoms. The van der Waals surface area contributed by atoms with Gasteiger partial charge in [0.1, 0.15) is 18.3 Å². The summed E-state index contributed by atoms with van der Waals surface area (Å²) in [4.78, 5) is 28.0. The van der Waals surface area contributed by atoms with Gasteiger partial charge in [-0.1, -0.05) is 54.9 Å². The molecule has 0 heterocycles. The van der Waals surface area contributed by atoms with Crippen LogP contribution in [0.25, 0.3) is 0 Å². The van der Waals surface area contributed by atoms with E-state index in [1.54, 1.807) is 25.1 Å². The Morgan fingerprint density at radius 2 is 1.68 bits per heavy atom. The van der Waals surface area contributed by atoms with Crippen molar-refractivity contribution in [2.75, 3.05) is 24.5 Å². The first kappa shape index (κ1) is 29.0. The van der Waals surface area contributed by atoms with Gasteiger partial charge >= 0.3 is 0 Å². The fourth-order valence-electron chi connectivity index (χ4n) is 3.79. The molecule has 0 unspecified atom stereocenters. The number of hydrogen-bond acceptors (Lipinski definition) is 5. The lowest BCUT2D eigenvalue weighted by Crippen LogP contribution is -2.51. The quantitative estimate of drug-likeness (QED) is 0.354. The van der Waals surface area contributed by atoms with Crippen molar-refractivity contribution in [3.05, 3.63) is 89.4 Å². The van der Waals surface area contributed by atoms with Crippen LogP contribution < -0.4 is 14.4 Å².